The molecule has 0 saturated carbocycles. The summed E-state index contributed by atoms with van der Waals surface area (Å²) >= 11 is 0. The molecule has 0 bridgehead atoms. The van der Waals surface area contributed by atoms with Crippen LogP contribution in [0, 0.1) is 0 Å². The van der Waals surface area contributed by atoms with Gasteiger partial charge in [-0.1, -0.05) is 44.4 Å². The van der Waals surface area contributed by atoms with Gasteiger partial charge in [0.2, 0.25) is 5.88 Å². The van der Waals surface area contributed by atoms with Crippen LogP contribution in [0.25, 0.3) is 10.9 Å². The van der Waals surface area contributed by atoms with Gasteiger partial charge in [0, 0.05) is 17.5 Å². The minimum absolute atomic E-state index is 0.0454. The number of rotatable bonds is 8. The molecule has 146 valence electrons. The van der Waals surface area contributed by atoms with Crippen LogP contribution >= 0.6 is 0 Å². The van der Waals surface area contributed by atoms with Crippen molar-refractivity contribution in [2.24, 2.45) is 10.2 Å². The van der Waals surface area contributed by atoms with E-state index in [-0.39, 0.29) is 5.88 Å². The van der Waals surface area contributed by atoms with E-state index in [0.29, 0.717) is 23.5 Å². The molecule has 0 aliphatic rings. The number of aryl methyl sites for hydroxylation is 1. The number of ether oxygens (including phenoxy) is 1. The average Bonchev–Trinajstić information content (AvgIpc) is 3.00. The van der Waals surface area contributed by atoms with Crippen LogP contribution in [0.1, 0.15) is 43.0 Å². The van der Waals surface area contributed by atoms with Gasteiger partial charge in [-0.15, -0.1) is 10.2 Å². The van der Waals surface area contributed by atoms with Gasteiger partial charge in [-0.05, 0) is 36.8 Å². The SMILES string of the molecule is CCCCCCn1c(O)c(N=NC(=O)c2ccc(OC)cc2)c2ccccc21. The van der Waals surface area contributed by atoms with Crippen molar-refractivity contribution in [2.75, 3.05) is 7.11 Å². The molecule has 6 nitrogen and oxygen atoms in total. The molecule has 0 atom stereocenters. The Morgan fingerprint density at radius 1 is 1.07 bits per heavy atom. The fourth-order valence-corrected chi connectivity index (χ4v) is 3.18. The second-order valence-electron chi connectivity index (χ2n) is 6.64. The summed E-state index contributed by atoms with van der Waals surface area (Å²) in [6.45, 7) is 2.87. The van der Waals surface area contributed by atoms with Crippen molar-refractivity contribution in [3.63, 3.8) is 0 Å². The molecule has 0 unspecified atom stereocenters. The normalized spacial score (nSPS) is 11.4. The summed E-state index contributed by atoms with van der Waals surface area (Å²) in [4.78, 5) is 12.3. The minimum atomic E-state index is -0.471. The maximum Gasteiger partial charge on any atom is 0.295 e. The van der Waals surface area contributed by atoms with E-state index >= 15 is 0 Å². The fourth-order valence-electron chi connectivity index (χ4n) is 3.18. The topological polar surface area (TPSA) is 76.2 Å². The largest absolute Gasteiger partial charge is 0.497 e. The van der Waals surface area contributed by atoms with Crippen LogP contribution < -0.4 is 4.74 Å². The van der Waals surface area contributed by atoms with Gasteiger partial charge < -0.3 is 14.4 Å². The Bertz CT molecular complexity index is 975. The standard InChI is InChI=1S/C22H25N3O3/c1-3-4-5-8-15-25-19-10-7-6-9-18(19)20(22(25)27)23-24-21(26)16-11-13-17(28-2)14-12-16/h6-7,9-14,27H,3-5,8,15H2,1-2H3. The highest BCUT2D eigenvalue weighted by Crippen LogP contribution is 2.39. The van der Waals surface area contributed by atoms with Crippen molar-refractivity contribution in [3.05, 3.63) is 54.1 Å². The first-order valence-corrected chi connectivity index (χ1v) is 9.56. The molecule has 1 aromatic heterocycles. The summed E-state index contributed by atoms with van der Waals surface area (Å²) < 4.78 is 6.94. The van der Waals surface area contributed by atoms with Crippen LogP contribution in [0.3, 0.4) is 0 Å². The zero-order chi connectivity index (χ0) is 19.9. The van der Waals surface area contributed by atoms with Crippen LogP contribution in [-0.4, -0.2) is 22.7 Å². The monoisotopic (exact) mass is 379 g/mol. The van der Waals surface area contributed by atoms with Crippen molar-refractivity contribution >= 4 is 22.5 Å². The quantitative estimate of drug-likeness (QED) is 0.393. The molecule has 0 spiro atoms. The lowest BCUT2D eigenvalue weighted by atomic mass is 10.2. The highest BCUT2D eigenvalue weighted by molar-refractivity contribution is 5.97. The summed E-state index contributed by atoms with van der Waals surface area (Å²) in [7, 11) is 1.57. The van der Waals surface area contributed by atoms with Crippen molar-refractivity contribution in [3.8, 4) is 11.6 Å². The smallest absolute Gasteiger partial charge is 0.295 e. The van der Waals surface area contributed by atoms with Gasteiger partial charge in [-0.2, -0.15) is 0 Å². The summed E-state index contributed by atoms with van der Waals surface area (Å²) in [5.74, 6) is 0.239. The number of hydrogen-bond donors (Lipinski definition) is 1. The maximum absolute atomic E-state index is 12.3. The third kappa shape index (κ3) is 4.22. The lowest BCUT2D eigenvalue weighted by molar-refractivity contribution is 0.0995. The number of methoxy groups -OCH3 is 1. The summed E-state index contributed by atoms with van der Waals surface area (Å²) in [5.41, 5.74) is 1.63. The molecule has 3 aromatic rings. The average molecular weight is 379 g/mol. The first-order chi connectivity index (χ1) is 13.7. The number of azo groups is 1. The third-order valence-corrected chi connectivity index (χ3v) is 4.73. The molecule has 0 aliphatic heterocycles. The van der Waals surface area contributed by atoms with Crippen molar-refractivity contribution in [1.29, 1.82) is 0 Å². The summed E-state index contributed by atoms with van der Waals surface area (Å²) in [6.07, 6.45) is 4.41. The minimum Gasteiger partial charge on any atom is -0.497 e. The molecule has 3 rings (SSSR count). The van der Waals surface area contributed by atoms with Crippen LogP contribution in [-0.2, 0) is 6.54 Å². The lowest BCUT2D eigenvalue weighted by Crippen LogP contribution is -1.97. The number of aromatic nitrogens is 1. The molecule has 1 amide bonds. The lowest BCUT2D eigenvalue weighted by Gasteiger charge is -2.06. The molecule has 0 fully saturated rings. The predicted octanol–water partition coefficient (Wildman–Crippen LogP) is 5.86. The number of amides is 1. The van der Waals surface area contributed by atoms with Crippen LogP contribution in [0.2, 0.25) is 0 Å². The Morgan fingerprint density at radius 2 is 1.82 bits per heavy atom. The number of carbonyl (C=O) groups excluding carboxylic acids is 1. The van der Waals surface area contributed by atoms with E-state index in [9.17, 15) is 9.90 Å². The third-order valence-electron chi connectivity index (χ3n) is 4.73. The highest BCUT2D eigenvalue weighted by Gasteiger charge is 2.16. The van der Waals surface area contributed by atoms with E-state index in [0.717, 1.165) is 30.2 Å². The van der Waals surface area contributed by atoms with Gasteiger partial charge in [0.15, 0.2) is 5.69 Å². The van der Waals surface area contributed by atoms with Crippen molar-refractivity contribution in [1.82, 2.24) is 4.57 Å². The molecule has 0 aliphatic carbocycles. The number of aromatic hydroxyl groups is 1. The molecule has 0 radical (unpaired) electrons. The van der Waals surface area contributed by atoms with Crippen molar-refractivity contribution in [2.45, 2.75) is 39.2 Å². The maximum atomic E-state index is 12.3. The van der Waals surface area contributed by atoms with Gasteiger partial charge in [0.1, 0.15) is 5.75 Å². The van der Waals surface area contributed by atoms with Crippen molar-refractivity contribution < 1.29 is 14.6 Å². The number of unbranched alkanes of at least 4 members (excludes halogenated alkanes) is 3. The number of fused-ring (bicyclic) bond motifs is 1. The molecule has 1 N–H and O–H groups in total. The molecular formula is C22H25N3O3. The molecule has 0 saturated heterocycles. The van der Waals surface area contributed by atoms with Gasteiger partial charge in [0.05, 0.1) is 12.6 Å². The zero-order valence-electron chi connectivity index (χ0n) is 16.3. The van der Waals surface area contributed by atoms with E-state index in [4.69, 9.17) is 4.74 Å². The van der Waals surface area contributed by atoms with E-state index in [1.165, 1.54) is 6.42 Å². The van der Waals surface area contributed by atoms with E-state index in [2.05, 4.69) is 17.2 Å². The van der Waals surface area contributed by atoms with E-state index < -0.39 is 5.91 Å². The second kappa shape index (κ2) is 9.17. The zero-order valence-corrected chi connectivity index (χ0v) is 16.3. The Labute approximate surface area is 164 Å². The first kappa shape index (κ1) is 19.6. The van der Waals surface area contributed by atoms with Crippen LogP contribution in [0.4, 0.5) is 5.69 Å². The predicted molar refractivity (Wildman–Crippen MR) is 110 cm³/mol. The molecule has 2 aromatic carbocycles. The fraction of sp³-hybridized carbons (Fsp3) is 0.318. The van der Waals surface area contributed by atoms with Gasteiger partial charge in [-0.25, -0.2) is 0 Å². The first-order valence-electron chi connectivity index (χ1n) is 9.56. The number of benzene rings is 2. The summed E-state index contributed by atoms with van der Waals surface area (Å²) in [6, 6.07) is 14.3. The molecular weight excluding hydrogens is 354 g/mol. The van der Waals surface area contributed by atoms with Crippen LogP contribution in [0.15, 0.2) is 58.8 Å². The molecule has 1 heterocycles. The number of nitrogens with zero attached hydrogens (tertiary/aromatic N) is 3. The van der Waals surface area contributed by atoms with Gasteiger partial charge in [-0.3, -0.25) is 4.79 Å². The summed E-state index contributed by atoms with van der Waals surface area (Å²) in [5, 5.41) is 19.4. The Morgan fingerprint density at radius 3 is 2.54 bits per heavy atom. The van der Waals surface area contributed by atoms with E-state index in [1.807, 2.05) is 28.8 Å². The number of hydrogen-bond acceptors (Lipinski definition) is 4. The molecule has 6 heteroatoms. The van der Waals surface area contributed by atoms with E-state index in [1.54, 1.807) is 31.4 Å². The van der Waals surface area contributed by atoms with Gasteiger partial charge >= 0.3 is 0 Å². The van der Waals surface area contributed by atoms with Crippen LogP contribution in [0.5, 0.6) is 11.6 Å². The molecule has 28 heavy (non-hydrogen) atoms. The second-order valence-corrected chi connectivity index (χ2v) is 6.64. The Balaban J connectivity index is 1.86. The van der Waals surface area contributed by atoms with Gasteiger partial charge in [0.25, 0.3) is 5.91 Å². The Kier molecular flexibility index (Phi) is 6.42. The highest BCUT2D eigenvalue weighted by atomic mass is 16.5. The Hall–Kier alpha value is -3.15. The number of carbonyl (C=O) groups is 1. The number of para-hydroxylation sites is 1.